The summed E-state index contributed by atoms with van der Waals surface area (Å²) in [5.74, 6) is 0.00719. The van der Waals surface area contributed by atoms with E-state index in [-0.39, 0.29) is 35.8 Å². The minimum Gasteiger partial charge on any atom is -0.405 e. The summed E-state index contributed by atoms with van der Waals surface area (Å²) in [7, 11) is 0. The van der Waals surface area contributed by atoms with Crippen molar-refractivity contribution in [1.82, 2.24) is 29.6 Å². The number of aromatic nitrogens is 5. The fourth-order valence-corrected chi connectivity index (χ4v) is 4.53. The molecule has 0 atom stereocenters. The molecule has 9 nitrogen and oxygen atoms in total. The number of carbonyl (C=O) groups excluding carboxylic acids is 1. The van der Waals surface area contributed by atoms with Crippen LogP contribution in [0, 0.1) is 5.82 Å². The summed E-state index contributed by atoms with van der Waals surface area (Å²) < 4.78 is 21.4. The number of halogens is 1. The highest BCUT2D eigenvalue weighted by Gasteiger charge is 2.28. The lowest BCUT2D eigenvalue weighted by Crippen LogP contribution is -2.40. The molecule has 0 bridgehead atoms. The van der Waals surface area contributed by atoms with Crippen LogP contribution in [0.4, 0.5) is 15.0 Å². The van der Waals surface area contributed by atoms with Gasteiger partial charge in [0.1, 0.15) is 11.5 Å². The van der Waals surface area contributed by atoms with E-state index < -0.39 is 6.09 Å². The Hall–Kier alpha value is -4.34. The predicted octanol–water partition coefficient (Wildman–Crippen LogP) is 4.59. The molecule has 0 radical (unpaired) electrons. The number of benzene rings is 1. The number of ether oxygens (including phenoxy) is 1. The second-order valence-corrected chi connectivity index (χ2v) is 8.66. The SMILES string of the molecule is C=CCN(C(=O)Oc1cnc(-c2nn(Cc3ccccc3F)c3ncccc23)nc1N)C1CCCC1. The smallest absolute Gasteiger partial charge is 0.405 e. The first-order valence-corrected chi connectivity index (χ1v) is 11.8. The molecule has 1 aliphatic rings. The zero-order valence-electron chi connectivity index (χ0n) is 19.7. The first kappa shape index (κ1) is 23.4. The van der Waals surface area contributed by atoms with Crippen molar-refractivity contribution >= 4 is 22.9 Å². The molecule has 184 valence electrons. The molecular weight excluding hydrogens is 461 g/mol. The molecule has 1 saturated carbocycles. The van der Waals surface area contributed by atoms with E-state index in [0.717, 1.165) is 25.7 Å². The predicted molar refractivity (Wildman–Crippen MR) is 134 cm³/mol. The highest BCUT2D eigenvalue weighted by molar-refractivity contribution is 5.89. The van der Waals surface area contributed by atoms with Crippen molar-refractivity contribution in [1.29, 1.82) is 0 Å². The molecule has 2 N–H and O–H groups in total. The molecule has 3 heterocycles. The van der Waals surface area contributed by atoms with Gasteiger partial charge in [-0.05, 0) is 31.0 Å². The summed E-state index contributed by atoms with van der Waals surface area (Å²) in [5, 5.41) is 5.30. The van der Waals surface area contributed by atoms with Crippen LogP contribution in [0.2, 0.25) is 0 Å². The average Bonchev–Trinajstić information content (AvgIpc) is 3.54. The maximum Gasteiger partial charge on any atom is 0.415 e. The summed E-state index contributed by atoms with van der Waals surface area (Å²) in [6, 6.07) is 10.2. The Morgan fingerprint density at radius 1 is 1.22 bits per heavy atom. The highest BCUT2D eigenvalue weighted by Crippen LogP contribution is 2.29. The van der Waals surface area contributed by atoms with E-state index in [4.69, 9.17) is 10.5 Å². The monoisotopic (exact) mass is 487 g/mol. The Morgan fingerprint density at radius 3 is 2.78 bits per heavy atom. The molecular formula is C26H26FN7O2. The number of nitrogens with zero attached hydrogens (tertiary/aromatic N) is 6. The molecule has 1 aliphatic carbocycles. The summed E-state index contributed by atoms with van der Waals surface area (Å²) in [5.41, 5.74) is 7.64. The van der Waals surface area contributed by atoms with Crippen LogP contribution < -0.4 is 10.5 Å². The van der Waals surface area contributed by atoms with Crippen molar-refractivity contribution in [2.45, 2.75) is 38.3 Å². The normalized spacial score (nSPS) is 13.7. The van der Waals surface area contributed by atoms with Crippen LogP contribution in [0.25, 0.3) is 22.6 Å². The third-order valence-electron chi connectivity index (χ3n) is 6.30. The van der Waals surface area contributed by atoms with Crippen molar-refractivity contribution in [2.75, 3.05) is 12.3 Å². The van der Waals surface area contributed by atoms with Crippen LogP contribution in [-0.2, 0) is 6.54 Å². The Balaban J connectivity index is 1.43. The van der Waals surface area contributed by atoms with Crippen LogP contribution >= 0.6 is 0 Å². The van der Waals surface area contributed by atoms with Crippen LogP contribution in [0.15, 0.2) is 61.4 Å². The second kappa shape index (κ2) is 10.1. The number of hydrogen-bond donors (Lipinski definition) is 1. The number of rotatable bonds is 7. The molecule has 1 fully saturated rings. The first-order chi connectivity index (χ1) is 17.5. The first-order valence-electron chi connectivity index (χ1n) is 11.8. The zero-order chi connectivity index (χ0) is 25.1. The van der Waals surface area contributed by atoms with E-state index in [9.17, 15) is 9.18 Å². The van der Waals surface area contributed by atoms with Gasteiger partial charge in [0.15, 0.2) is 23.0 Å². The van der Waals surface area contributed by atoms with E-state index in [2.05, 4.69) is 26.6 Å². The molecule has 0 spiro atoms. The topological polar surface area (TPSA) is 112 Å². The summed E-state index contributed by atoms with van der Waals surface area (Å²) in [4.78, 5) is 27.7. The molecule has 0 saturated heterocycles. The number of anilines is 1. The lowest BCUT2D eigenvalue weighted by Gasteiger charge is -2.26. The molecule has 1 amide bonds. The maximum atomic E-state index is 14.3. The summed E-state index contributed by atoms with van der Waals surface area (Å²) >= 11 is 0. The number of carbonyl (C=O) groups is 1. The minimum absolute atomic E-state index is 0.0130. The van der Waals surface area contributed by atoms with E-state index in [0.29, 0.717) is 28.8 Å². The number of nitrogen functional groups attached to an aromatic ring is 1. The van der Waals surface area contributed by atoms with E-state index in [1.54, 1.807) is 46.1 Å². The largest absolute Gasteiger partial charge is 0.415 e. The van der Waals surface area contributed by atoms with Gasteiger partial charge in [-0.2, -0.15) is 5.10 Å². The molecule has 5 rings (SSSR count). The molecule has 36 heavy (non-hydrogen) atoms. The molecule has 3 aromatic heterocycles. The molecule has 4 aromatic rings. The number of fused-ring (bicyclic) bond motifs is 1. The van der Waals surface area contributed by atoms with Gasteiger partial charge >= 0.3 is 6.09 Å². The van der Waals surface area contributed by atoms with Gasteiger partial charge in [0.05, 0.1) is 18.1 Å². The number of amides is 1. The standard InChI is InChI=1S/C26H26FN7O2/c1-2-14-33(18-9-4-5-10-18)26(35)36-21-15-30-24(31-23(21)28)22-19-11-7-13-29-25(19)34(32-22)16-17-8-3-6-12-20(17)27/h2-3,6-8,11-13,15,18H,1,4-5,9-10,14,16H2,(H2,28,30,31). The number of nitrogens with two attached hydrogens (primary N) is 1. The lowest BCUT2D eigenvalue weighted by molar-refractivity contribution is 0.138. The Morgan fingerprint density at radius 2 is 2.03 bits per heavy atom. The Kier molecular flexibility index (Phi) is 6.57. The third-order valence-corrected chi connectivity index (χ3v) is 6.30. The quantitative estimate of drug-likeness (QED) is 0.380. The van der Waals surface area contributed by atoms with Crippen LogP contribution in [0.3, 0.4) is 0 Å². The van der Waals surface area contributed by atoms with Gasteiger partial charge in [0.2, 0.25) is 0 Å². The van der Waals surface area contributed by atoms with E-state index >= 15 is 0 Å². The maximum absolute atomic E-state index is 14.3. The second-order valence-electron chi connectivity index (χ2n) is 8.66. The Labute approximate surface area is 207 Å². The van der Waals surface area contributed by atoms with Crippen LogP contribution in [0.5, 0.6) is 5.75 Å². The highest BCUT2D eigenvalue weighted by atomic mass is 19.1. The van der Waals surface area contributed by atoms with Crippen molar-refractivity contribution in [3.8, 4) is 17.3 Å². The summed E-state index contributed by atoms with van der Waals surface area (Å²) in [6.45, 7) is 4.32. The van der Waals surface area contributed by atoms with Crippen molar-refractivity contribution in [3.63, 3.8) is 0 Å². The fourth-order valence-electron chi connectivity index (χ4n) is 4.53. The molecule has 10 heteroatoms. The van der Waals surface area contributed by atoms with Gasteiger partial charge in [-0.1, -0.05) is 37.1 Å². The third kappa shape index (κ3) is 4.61. The van der Waals surface area contributed by atoms with Gasteiger partial charge < -0.3 is 15.4 Å². The van der Waals surface area contributed by atoms with E-state index in [1.807, 2.05) is 6.07 Å². The zero-order valence-corrected chi connectivity index (χ0v) is 19.7. The summed E-state index contributed by atoms with van der Waals surface area (Å²) in [6.07, 6.45) is 8.22. The number of pyridine rings is 1. The number of hydrogen-bond acceptors (Lipinski definition) is 7. The molecule has 0 aliphatic heterocycles. The van der Waals surface area contributed by atoms with Gasteiger partial charge in [-0.3, -0.25) is 0 Å². The lowest BCUT2D eigenvalue weighted by atomic mass is 10.2. The minimum atomic E-state index is -0.506. The van der Waals surface area contributed by atoms with Crippen molar-refractivity contribution in [2.24, 2.45) is 0 Å². The van der Waals surface area contributed by atoms with Crippen molar-refractivity contribution < 1.29 is 13.9 Å². The van der Waals surface area contributed by atoms with E-state index in [1.165, 1.54) is 12.3 Å². The average molecular weight is 488 g/mol. The Bertz CT molecular complexity index is 1410. The van der Waals surface area contributed by atoms with Crippen LogP contribution in [-0.4, -0.2) is 48.3 Å². The van der Waals surface area contributed by atoms with Gasteiger partial charge in [-0.25, -0.2) is 28.8 Å². The van der Waals surface area contributed by atoms with Gasteiger partial charge in [0.25, 0.3) is 0 Å². The van der Waals surface area contributed by atoms with Crippen molar-refractivity contribution in [3.05, 3.63) is 72.8 Å². The molecule has 1 aromatic carbocycles. The molecule has 0 unspecified atom stereocenters. The van der Waals surface area contributed by atoms with Gasteiger partial charge in [0, 0.05) is 24.3 Å². The van der Waals surface area contributed by atoms with Crippen LogP contribution in [0.1, 0.15) is 31.2 Å². The fraction of sp³-hybridized carbons (Fsp3) is 0.269. The van der Waals surface area contributed by atoms with Gasteiger partial charge in [-0.15, -0.1) is 6.58 Å².